The molecule has 0 radical (unpaired) electrons. The molecule has 0 saturated carbocycles. The van der Waals surface area contributed by atoms with Gasteiger partial charge in [0.25, 0.3) is 0 Å². The maximum atomic E-state index is 11.1. The van der Waals surface area contributed by atoms with E-state index in [4.69, 9.17) is 17.3 Å². The predicted molar refractivity (Wildman–Crippen MR) is 65.9 cm³/mol. The molecule has 1 fully saturated rings. The van der Waals surface area contributed by atoms with Gasteiger partial charge >= 0.3 is 5.97 Å². The molecule has 4 nitrogen and oxygen atoms in total. The molecular formula is C10H13NO3S2. The number of aliphatic carboxylic acids is 1. The molecule has 0 aromatic heterocycles. The molecule has 0 spiro atoms. The molecule has 1 saturated heterocycles. The molecule has 0 aliphatic carbocycles. The van der Waals surface area contributed by atoms with Crippen molar-refractivity contribution in [2.75, 3.05) is 0 Å². The van der Waals surface area contributed by atoms with E-state index in [1.54, 1.807) is 11.8 Å². The van der Waals surface area contributed by atoms with Crippen molar-refractivity contribution in [2.45, 2.75) is 31.7 Å². The lowest BCUT2D eigenvalue weighted by Crippen LogP contribution is -2.59. The van der Waals surface area contributed by atoms with Gasteiger partial charge in [-0.15, -0.1) is 11.8 Å². The molecule has 2 unspecified atom stereocenters. The Bertz CT molecular complexity index is 392. The normalized spacial score (nSPS) is 30.2. The zero-order chi connectivity index (χ0) is 12.0. The van der Waals surface area contributed by atoms with E-state index < -0.39 is 12.1 Å². The van der Waals surface area contributed by atoms with Crippen LogP contribution in [0.3, 0.4) is 0 Å². The summed E-state index contributed by atoms with van der Waals surface area (Å²) in [6.45, 7) is 3.62. The molecular weight excluding hydrogens is 246 g/mol. The van der Waals surface area contributed by atoms with Gasteiger partial charge in [-0.1, -0.05) is 19.1 Å². The molecule has 16 heavy (non-hydrogen) atoms. The lowest BCUT2D eigenvalue weighted by molar-refractivity contribution is -0.134. The van der Waals surface area contributed by atoms with Crippen LogP contribution in [0.5, 0.6) is 0 Å². The summed E-state index contributed by atoms with van der Waals surface area (Å²) < 4.78 is 0. The van der Waals surface area contributed by atoms with Gasteiger partial charge in [-0.3, -0.25) is 0 Å². The quantitative estimate of drug-likeness (QED) is 0.747. The SMILES string of the molecule is CCC1=C(C(=O)O)N2C(=S)C(C(C)O)[C@H]2S1. The highest BCUT2D eigenvalue weighted by atomic mass is 32.2. The first-order chi connectivity index (χ1) is 7.49. The Morgan fingerprint density at radius 2 is 2.31 bits per heavy atom. The fraction of sp³-hybridized carbons (Fsp3) is 0.600. The molecule has 0 amide bonds. The molecule has 2 aliphatic rings. The number of carbonyl (C=O) groups is 1. The first-order valence-corrected chi connectivity index (χ1v) is 6.42. The summed E-state index contributed by atoms with van der Waals surface area (Å²) in [6, 6.07) is 0. The van der Waals surface area contributed by atoms with E-state index >= 15 is 0 Å². The van der Waals surface area contributed by atoms with E-state index in [0.29, 0.717) is 17.1 Å². The molecule has 88 valence electrons. The summed E-state index contributed by atoms with van der Waals surface area (Å²) in [7, 11) is 0. The first kappa shape index (κ1) is 11.9. The van der Waals surface area contributed by atoms with Crippen LogP contribution in [-0.4, -0.2) is 37.5 Å². The summed E-state index contributed by atoms with van der Waals surface area (Å²) in [5, 5.41) is 18.7. The Hall–Kier alpha value is -0.590. The Balaban J connectivity index is 2.29. The van der Waals surface area contributed by atoms with Gasteiger partial charge in [0, 0.05) is 4.91 Å². The van der Waals surface area contributed by atoms with Crippen LogP contribution in [0.15, 0.2) is 10.6 Å². The van der Waals surface area contributed by atoms with E-state index in [9.17, 15) is 9.90 Å². The standard InChI is InChI=1S/C10H13NO3S2/c1-3-5-7(10(13)14)11-8(15)6(4(2)12)9(11)16-5/h4,6,9,12H,3H2,1-2H3,(H,13,14)/t4?,6?,9-/m1/s1. The number of aliphatic hydroxyl groups excluding tert-OH is 1. The van der Waals surface area contributed by atoms with Crippen LogP contribution in [-0.2, 0) is 4.79 Å². The number of hydrogen-bond acceptors (Lipinski definition) is 4. The maximum Gasteiger partial charge on any atom is 0.353 e. The number of nitrogens with zero attached hydrogens (tertiary/aromatic N) is 1. The lowest BCUT2D eigenvalue weighted by Gasteiger charge is -2.46. The van der Waals surface area contributed by atoms with Crippen molar-refractivity contribution in [1.82, 2.24) is 4.90 Å². The number of fused-ring (bicyclic) bond motifs is 1. The fourth-order valence-electron chi connectivity index (χ4n) is 2.10. The number of carboxylic acid groups (broad SMARTS) is 1. The van der Waals surface area contributed by atoms with Crippen LogP contribution in [0.25, 0.3) is 0 Å². The number of hydrogen-bond donors (Lipinski definition) is 2. The van der Waals surface area contributed by atoms with Crippen LogP contribution in [0.2, 0.25) is 0 Å². The Morgan fingerprint density at radius 3 is 2.75 bits per heavy atom. The average molecular weight is 259 g/mol. The highest BCUT2D eigenvalue weighted by Crippen LogP contribution is 2.51. The Kier molecular flexibility index (Phi) is 2.98. The Morgan fingerprint density at radius 1 is 1.69 bits per heavy atom. The summed E-state index contributed by atoms with van der Waals surface area (Å²) in [5.41, 5.74) is 0.305. The second kappa shape index (κ2) is 4.01. The molecule has 0 aromatic rings. The largest absolute Gasteiger partial charge is 0.477 e. The minimum atomic E-state index is -0.932. The second-order valence-corrected chi connectivity index (χ2v) is 5.54. The number of carboxylic acids is 1. The monoisotopic (exact) mass is 259 g/mol. The predicted octanol–water partition coefficient (Wildman–Crippen LogP) is 1.41. The zero-order valence-corrected chi connectivity index (χ0v) is 10.6. The highest BCUT2D eigenvalue weighted by molar-refractivity contribution is 8.04. The molecule has 0 bridgehead atoms. The van der Waals surface area contributed by atoms with Crippen molar-refractivity contribution < 1.29 is 15.0 Å². The summed E-state index contributed by atoms with van der Waals surface area (Å²) in [6.07, 6.45) is 0.168. The van der Waals surface area contributed by atoms with Gasteiger partial charge < -0.3 is 15.1 Å². The molecule has 2 rings (SSSR count). The minimum absolute atomic E-state index is 0.0199. The van der Waals surface area contributed by atoms with Gasteiger partial charge in [0.1, 0.15) is 5.70 Å². The van der Waals surface area contributed by atoms with Crippen molar-refractivity contribution in [3.8, 4) is 0 Å². The minimum Gasteiger partial charge on any atom is -0.477 e. The van der Waals surface area contributed by atoms with E-state index in [1.807, 2.05) is 6.92 Å². The zero-order valence-electron chi connectivity index (χ0n) is 9.01. The lowest BCUT2D eigenvalue weighted by atomic mass is 9.93. The van der Waals surface area contributed by atoms with E-state index in [0.717, 1.165) is 4.91 Å². The first-order valence-electron chi connectivity index (χ1n) is 5.13. The Labute approximate surface area is 103 Å². The number of rotatable bonds is 3. The molecule has 6 heteroatoms. The second-order valence-electron chi connectivity index (χ2n) is 3.91. The third-order valence-electron chi connectivity index (χ3n) is 2.90. The van der Waals surface area contributed by atoms with Crippen LogP contribution in [0.1, 0.15) is 20.3 Å². The van der Waals surface area contributed by atoms with Crippen LogP contribution in [0.4, 0.5) is 0 Å². The van der Waals surface area contributed by atoms with Crippen molar-refractivity contribution in [2.24, 2.45) is 5.92 Å². The molecule has 2 N–H and O–H groups in total. The van der Waals surface area contributed by atoms with Gasteiger partial charge in [0.05, 0.1) is 22.4 Å². The fourth-order valence-corrected chi connectivity index (χ4v) is 4.37. The number of thioether (sulfide) groups is 1. The molecule has 0 aromatic carbocycles. The number of thiocarbonyl (C=S) groups is 1. The van der Waals surface area contributed by atoms with Crippen LogP contribution in [0, 0.1) is 5.92 Å². The molecule has 2 heterocycles. The third-order valence-corrected chi connectivity index (χ3v) is 4.88. The van der Waals surface area contributed by atoms with Gasteiger partial charge in [-0.05, 0) is 13.3 Å². The van der Waals surface area contributed by atoms with Crippen molar-refractivity contribution in [3.05, 3.63) is 10.6 Å². The third kappa shape index (κ3) is 1.48. The maximum absolute atomic E-state index is 11.1. The number of allylic oxidation sites excluding steroid dienone is 1. The van der Waals surface area contributed by atoms with Crippen molar-refractivity contribution in [1.29, 1.82) is 0 Å². The van der Waals surface area contributed by atoms with Gasteiger partial charge in [0.15, 0.2) is 0 Å². The molecule has 2 aliphatic heterocycles. The summed E-state index contributed by atoms with van der Waals surface area (Å²) in [5.74, 6) is -1.03. The molecule has 3 atom stereocenters. The van der Waals surface area contributed by atoms with E-state index in [1.165, 1.54) is 11.8 Å². The summed E-state index contributed by atoms with van der Waals surface area (Å²) in [4.78, 5) is 14.2. The van der Waals surface area contributed by atoms with Crippen LogP contribution < -0.4 is 0 Å². The van der Waals surface area contributed by atoms with Gasteiger partial charge in [0.2, 0.25) is 0 Å². The smallest absolute Gasteiger partial charge is 0.353 e. The average Bonchev–Trinajstić information content (AvgIpc) is 2.51. The highest BCUT2D eigenvalue weighted by Gasteiger charge is 2.54. The van der Waals surface area contributed by atoms with Crippen molar-refractivity contribution in [3.63, 3.8) is 0 Å². The van der Waals surface area contributed by atoms with Gasteiger partial charge in [-0.25, -0.2) is 4.79 Å². The van der Waals surface area contributed by atoms with Crippen LogP contribution >= 0.6 is 24.0 Å². The van der Waals surface area contributed by atoms with E-state index in [-0.39, 0.29) is 11.3 Å². The van der Waals surface area contributed by atoms with E-state index in [2.05, 4.69) is 0 Å². The number of aliphatic hydroxyl groups is 1. The summed E-state index contributed by atoms with van der Waals surface area (Å²) >= 11 is 6.69. The van der Waals surface area contributed by atoms with Crippen molar-refractivity contribution >= 4 is 34.9 Å². The topological polar surface area (TPSA) is 60.8 Å². The van der Waals surface area contributed by atoms with Gasteiger partial charge in [-0.2, -0.15) is 0 Å².